The zero-order valence-electron chi connectivity index (χ0n) is 16.6. The van der Waals surface area contributed by atoms with Crippen LogP contribution in [0.1, 0.15) is 65.1 Å². The summed E-state index contributed by atoms with van der Waals surface area (Å²) in [6.45, 7) is 12.4. The molecule has 1 aromatic heterocycles. The third-order valence-electron chi connectivity index (χ3n) is 4.49. The van der Waals surface area contributed by atoms with Gasteiger partial charge in [-0.2, -0.15) is 0 Å². The average molecular weight is 383 g/mol. The highest BCUT2D eigenvalue weighted by molar-refractivity contribution is 7.09. The number of hydrogen-bond acceptors (Lipinski definition) is 5. The zero-order valence-corrected chi connectivity index (χ0v) is 17.4. The van der Waals surface area contributed by atoms with E-state index in [0.29, 0.717) is 25.8 Å². The van der Waals surface area contributed by atoms with Crippen molar-refractivity contribution in [3.8, 4) is 0 Å². The SMILES string of the molecule is CC(C)(C)OC(=O)N1CCCC(Cc2nc(C(C)(C)C)cs2)(C(=O)O)C1. The second kappa shape index (κ2) is 7.18. The van der Waals surface area contributed by atoms with Crippen molar-refractivity contribution < 1.29 is 19.4 Å². The van der Waals surface area contributed by atoms with Crippen LogP contribution in [0.5, 0.6) is 0 Å². The van der Waals surface area contributed by atoms with Gasteiger partial charge in [0.15, 0.2) is 0 Å². The van der Waals surface area contributed by atoms with Crippen LogP contribution in [-0.4, -0.2) is 45.7 Å². The first-order valence-electron chi connectivity index (χ1n) is 8.99. The van der Waals surface area contributed by atoms with Crippen molar-refractivity contribution in [1.29, 1.82) is 0 Å². The highest BCUT2D eigenvalue weighted by Crippen LogP contribution is 2.36. The van der Waals surface area contributed by atoms with E-state index in [4.69, 9.17) is 4.74 Å². The first-order valence-corrected chi connectivity index (χ1v) is 9.87. The van der Waals surface area contributed by atoms with Crippen molar-refractivity contribution in [3.05, 3.63) is 16.1 Å². The fourth-order valence-electron chi connectivity index (χ4n) is 3.03. The molecular formula is C19H30N2O4S. The molecule has 1 aliphatic rings. The summed E-state index contributed by atoms with van der Waals surface area (Å²) in [6.07, 6.45) is 1.06. The molecule has 0 radical (unpaired) electrons. The largest absolute Gasteiger partial charge is 0.481 e. The van der Waals surface area contributed by atoms with Crippen LogP contribution in [0, 0.1) is 5.41 Å². The summed E-state index contributed by atoms with van der Waals surface area (Å²) >= 11 is 1.50. The van der Waals surface area contributed by atoms with E-state index in [1.54, 1.807) is 0 Å². The minimum atomic E-state index is -1.01. The molecular weight excluding hydrogens is 352 g/mol. The number of hydrogen-bond donors (Lipinski definition) is 1. The van der Waals surface area contributed by atoms with E-state index >= 15 is 0 Å². The van der Waals surface area contributed by atoms with Crippen molar-refractivity contribution in [2.45, 2.75) is 71.8 Å². The Kier molecular flexibility index (Phi) is 5.71. The van der Waals surface area contributed by atoms with Gasteiger partial charge in [-0.3, -0.25) is 4.79 Å². The van der Waals surface area contributed by atoms with Gasteiger partial charge in [-0.1, -0.05) is 20.8 Å². The van der Waals surface area contributed by atoms with Gasteiger partial charge in [0.25, 0.3) is 0 Å². The number of thiazole rings is 1. The van der Waals surface area contributed by atoms with Gasteiger partial charge >= 0.3 is 12.1 Å². The maximum atomic E-state index is 12.4. The van der Waals surface area contributed by atoms with Crippen LogP contribution in [0.25, 0.3) is 0 Å². The molecule has 1 saturated heterocycles. The Morgan fingerprint density at radius 1 is 1.31 bits per heavy atom. The summed E-state index contributed by atoms with van der Waals surface area (Å²) in [6, 6.07) is 0. The Morgan fingerprint density at radius 2 is 1.96 bits per heavy atom. The lowest BCUT2D eigenvalue weighted by atomic mass is 9.77. The molecule has 2 rings (SSSR count). The monoisotopic (exact) mass is 382 g/mol. The molecule has 0 saturated carbocycles. The number of piperidine rings is 1. The number of carbonyl (C=O) groups excluding carboxylic acids is 1. The number of likely N-dealkylation sites (tertiary alicyclic amines) is 1. The lowest BCUT2D eigenvalue weighted by Gasteiger charge is -2.39. The molecule has 6 nitrogen and oxygen atoms in total. The Bertz CT molecular complexity index is 672. The topological polar surface area (TPSA) is 79.7 Å². The predicted molar refractivity (Wildman–Crippen MR) is 102 cm³/mol. The van der Waals surface area contributed by atoms with Gasteiger partial charge in [-0.15, -0.1) is 11.3 Å². The number of carboxylic acids is 1. The second-order valence-electron chi connectivity index (χ2n) is 9.14. The minimum absolute atomic E-state index is 0.0692. The van der Waals surface area contributed by atoms with Crippen LogP contribution >= 0.6 is 11.3 Å². The summed E-state index contributed by atoms with van der Waals surface area (Å²) in [5.41, 5.74) is -0.711. The van der Waals surface area contributed by atoms with E-state index in [1.165, 1.54) is 16.2 Å². The van der Waals surface area contributed by atoms with E-state index in [0.717, 1.165) is 10.7 Å². The molecule has 1 aliphatic heterocycles. The number of carboxylic acid groups (broad SMARTS) is 1. The van der Waals surface area contributed by atoms with Crippen LogP contribution < -0.4 is 0 Å². The summed E-state index contributed by atoms with van der Waals surface area (Å²) in [5.74, 6) is -0.877. The van der Waals surface area contributed by atoms with Gasteiger partial charge in [0.2, 0.25) is 0 Å². The summed E-state index contributed by atoms with van der Waals surface area (Å²) < 4.78 is 5.43. The minimum Gasteiger partial charge on any atom is -0.481 e. The Balaban J connectivity index is 2.20. The summed E-state index contributed by atoms with van der Waals surface area (Å²) in [7, 11) is 0. The van der Waals surface area contributed by atoms with Crippen LogP contribution in [0.3, 0.4) is 0 Å². The maximum Gasteiger partial charge on any atom is 0.410 e. The number of aromatic nitrogens is 1. The molecule has 0 aliphatic carbocycles. The Hall–Kier alpha value is -1.63. The molecule has 0 bridgehead atoms. The molecule has 1 unspecified atom stereocenters. The fourth-order valence-corrected chi connectivity index (χ4v) is 4.20. The van der Waals surface area contributed by atoms with E-state index in [1.807, 2.05) is 26.2 Å². The van der Waals surface area contributed by atoms with Gasteiger partial charge in [0.05, 0.1) is 16.1 Å². The van der Waals surface area contributed by atoms with Crippen LogP contribution in [0.2, 0.25) is 0 Å². The number of nitrogens with zero attached hydrogens (tertiary/aromatic N) is 2. The first kappa shape index (κ1) is 20.7. The average Bonchev–Trinajstić information content (AvgIpc) is 2.94. The molecule has 2 heterocycles. The van der Waals surface area contributed by atoms with E-state index in [-0.39, 0.29) is 12.0 Å². The van der Waals surface area contributed by atoms with Crippen LogP contribution in [-0.2, 0) is 21.4 Å². The standard InChI is InChI=1S/C19H30N2O4S/c1-17(2,3)13-11-26-14(20-13)10-19(15(22)23)8-7-9-21(12-19)16(24)25-18(4,5)6/h11H,7-10,12H2,1-6H3,(H,22,23). The Labute approximate surface area is 159 Å². The highest BCUT2D eigenvalue weighted by atomic mass is 32.1. The summed E-state index contributed by atoms with van der Waals surface area (Å²) in [5, 5.41) is 12.8. The number of carbonyl (C=O) groups is 2. The predicted octanol–water partition coefficient (Wildman–Crippen LogP) is 4.09. The van der Waals surface area contributed by atoms with Crippen LogP contribution in [0.15, 0.2) is 5.38 Å². The van der Waals surface area contributed by atoms with Gasteiger partial charge in [0.1, 0.15) is 5.60 Å². The zero-order chi connectivity index (χ0) is 19.8. The van der Waals surface area contributed by atoms with Crippen molar-refractivity contribution in [2.24, 2.45) is 5.41 Å². The first-order chi connectivity index (χ1) is 11.8. The van der Waals surface area contributed by atoms with Gasteiger partial charge in [-0.05, 0) is 33.6 Å². The molecule has 146 valence electrons. The molecule has 1 atom stereocenters. The number of rotatable bonds is 3. The Morgan fingerprint density at radius 3 is 2.46 bits per heavy atom. The number of aliphatic carboxylic acids is 1. The normalized spacial score (nSPS) is 21.5. The van der Waals surface area contributed by atoms with Gasteiger partial charge in [0, 0.05) is 30.3 Å². The molecule has 1 fully saturated rings. The lowest BCUT2D eigenvalue weighted by molar-refractivity contribution is -0.152. The van der Waals surface area contributed by atoms with E-state index in [2.05, 4.69) is 25.8 Å². The quantitative estimate of drug-likeness (QED) is 0.852. The third-order valence-corrected chi connectivity index (χ3v) is 5.34. The second-order valence-corrected chi connectivity index (χ2v) is 10.1. The molecule has 0 spiro atoms. The van der Waals surface area contributed by atoms with E-state index < -0.39 is 23.1 Å². The molecule has 1 aromatic rings. The lowest BCUT2D eigenvalue weighted by Crippen LogP contribution is -2.52. The molecule has 26 heavy (non-hydrogen) atoms. The highest BCUT2D eigenvalue weighted by Gasteiger charge is 2.45. The maximum absolute atomic E-state index is 12.4. The van der Waals surface area contributed by atoms with Crippen molar-refractivity contribution in [2.75, 3.05) is 13.1 Å². The fraction of sp³-hybridized carbons (Fsp3) is 0.737. The summed E-state index contributed by atoms with van der Waals surface area (Å²) in [4.78, 5) is 30.7. The number of ether oxygens (including phenoxy) is 1. The molecule has 1 N–H and O–H groups in total. The van der Waals surface area contributed by atoms with Crippen molar-refractivity contribution in [1.82, 2.24) is 9.88 Å². The molecule has 1 amide bonds. The van der Waals surface area contributed by atoms with Crippen molar-refractivity contribution in [3.63, 3.8) is 0 Å². The smallest absolute Gasteiger partial charge is 0.410 e. The molecule has 7 heteroatoms. The van der Waals surface area contributed by atoms with E-state index in [9.17, 15) is 14.7 Å². The van der Waals surface area contributed by atoms with Crippen LogP contribution in [0.4, 0.5) is 4.79 Å². The van der Waals surface area contributed by atoms with Crippen molar-refractivity contribution >= 4 is 23.4 Å². The number of amides is 1. The van der Waals surface area contributed by atoms with Gasteiger partial charge in [-0.25, -0.2) is 9.78 Å². The molecule has 0 aromatic carbocycles. The third kappa shape index (κ3) is 4.96. The van der Waals surface area contributed by atoms with Gasteiger partial charge < -0.3 is 14.7 Å².